The van der Waals surface area contributed by atoms with Gasteiger partial charge in [-0.2, -0.15) is 0 Å². The molecule has 0 aromatic heterocycles. The van der Waals surface area contributed by atoms with E-state index in [0.29, 0.717) is 12.8 Å². The molecule has 17 atom stereocenters. The lowest BCUT2D eigenvalue weighted by Gasteiger charge is -2.48. The third-order valence-electron chi connectivity index (χ3n) is 19.6. The molecule has 1 amide bonds. The maximum absolute atomic E-state index is 13.5. The van der Waals surface area contributed by atoms with Gasteiger partial charge in [-0.05, 0) is 57.8 Å². The Kier molecular flexibility index (Phi) is 54.8. The minimum Gasteiger partial charge on any atom is -0.394 e. The summed E-state index contributed by atoms with van der Waals surface area (Å²) in [4.78, 5) is 13.5. The van der Waals surface area contributed by atoms with Gasteiger partial charge in [0.15, 0.2) is 18.9 Å². The summed E-state index contributed by atoms with van der Waals surface area (Å²) in [6, 6.07) is -0.887. The van der Waals surface area contributed by atoms with Gasteiger partial charge in [0.1, 0.15) is 73.2 Å². The molecule has 19 nitrogen and oxygen atoms in total. The van der Waals surface area contributed by atoms with Crippen LogP contribution < -0.4 is 5.32 Å². The molecule has 17 unspecified atom stereocenters. The highest BCUT2D eigenvalue weighted by molar-refractivity contribution is 5.76. The van der Waals surface area contributed by atoms with Crippen molar-refractivity contribution in [2.75, 3.05) is 26.4 Å². The van der Waals surface area contributed by atoms with Crippen LogP contribution in [-0.2, 0) is 33.2 Å². The standard InChI is InChI=1S/C79H143NO18/c1-3-5-7-9-11-13-15-17-19-21-22-23-24-25-26-27-28-29-30-31-32-33-34-35-36-37-38-39-40-41-43-45-47-49-51-53-55-57-67(85)80-62(63(84)56-54-52-50-48-46-44-42-20-18-16-14-12-10-8-6-4-2)61-93-77-73(91)70(88)75(65(59-82)95-77)98-79-74(92)71(89)76(66(60-83)96-79)97-78-72(90)69(87)68(86)64(58-81)94-78/h5,7,11,13,17,19,22-23,25-26,62-66,68-79,81-84,86-92H,3-4,6,8-10,12,14-16,18,20-21,24,27-61H2,1-2H3,(H,80,85)/b7-5-,13-11-,19-17-,23-22-,26-25-. The van der Waals surface area contributed by atoms with Gasteiger partial charge in [-0.15, -0.1) is 0 Å². The number of carbonyl (C=O) groups excluding carboxylic acids is 1. The molecule has 19 heteroatoms. The van der Waals surface area contributed by atoms with E-state index in [2.05, 4.69) is 79.9 Å². The number of hydrogen-bond donors (Lipinski definition) is 12. The third-order valence-corrected chi connectivity index (χ3v) is 19.6. The van der Waals surface area contributed by atoms with Crippen LogP contribution in [0.1, 0.15) is 303 Å². The van der Waals surface area contributed by atoms with Crippen LogP contribution in [0.15, 0.2) is 60.8 Å². The lowest BCUT2D eigenvalue weighted by atomic mass is 9.96. The van der Waals surface area contributed by atoms with Crippen molar-refractivity contribution in [3.63, 3.8) is 0 Å². The number of ether oxygens (including phenoxy) is 6. The molecule has 0 bridgehead atoms. The molecule has 0 aliphatic carbocycles. The molecular weight excluding hydrogens is 1250 g/mol. The quantitative estimate of drug-likeness (QED) is 0.0199. The molecule has 98 heavy (non-hydrogen) atoms. The Hall–Kier alpha value is -2.51. The fraction of sp³-hybridized carbons (Fsp3) is 0.861. The first-order chi connectivity index (χ1) is 47.8. The number of carbonyl (C=O) groups is 1. The third kappa shape index (κ3) is 39.9. The zero-order chi connectivity index (χ0) is 71.1. The fourth-order valence-corrected chi connectivity index (χ4v) is 13.3. The van der Waals surface area contributed by atoms with Crippen molar-refractivity contribution in [2.24, 2.45) is 0 Å². The van der Waals surface area contributed by atoms with Gasteiger partial charge >= 0.3 is 0 Å². The van der Waals surface area contributed by atoms with Gasteiger partial charge in [0, 0.05) is 6.42 Å². The molecule has 3 aliphatic rings. The van der Waals surface area contributed by atoms with Gasteiger partial charge in [-0.3, -0.25) is 4.79 Å². The summed E-state index contributed by atoms with van der Waals surface area (Å²) in [6.45, 7) is 1.71. The van der Waals surface area contributed by atoms with E-state index in [-0.39, 0.29) is 18.9 Å². The molecule has 572 valence electrons. The summed E-state index contributed by atoms with van der Waals surface area (Å²) < 4.78 is 34.5. The number of nitrogens with one attached hydrogen (secondary N) is 1. The summed E-state index contributed by atoms with van der Waals surface area (Å²) in [5.74, 6) is -0.239. The van der Waals surface area contributed by atoms with E-state index in [4.69, 9.17) is 28.4 Å². The average molecular weight is 1400 g/mol. The van der Waals surface area contributed by atoms with Gasteiger partial charge in [0.25, 0.3) is 0 Å². The van der Waals surface area contributed by atoms with Crippen molar-refractivity contribution in [1.82, 2.24) is 5.32 Å². The van der Waals surface area contributed by atoms with Crippen LogP contribution in [0.2, 0.25) is 0 Å². The highest BCUT2D eigenvalue weighted by atomic mass is 16.8. The second-order valence-electron chi connectivity index (χ2n) is 28.2. The summed E-state index contributed by atoms with van der Waals surface area (Å²) in [6.07, 6.45) is 48.9. The Morgan fingerprint density at radius 3 is 1.10 bits per heavy atom. The Morgan fingerprint density at radius 2 is 0.704 bits per heavy atom. The first kappa shape index (κ1) is 89.7. The zero-order valence-corrected chi connectivity index (χ0v) is 61.0. The molecule has 0 aromatic rings. The van der Waals surface area contributed by atoms with Crippen LogP contribution in [0.3, 0.4) is 0 Å². The van der Waals surface area contributed by atoms with Crippen molar-refractivity contribution in [3.8, 4) is 0 Å². The SMILES string of the molecule is CC/C=C\C/C=C\C/C=C\C/C=C\C/C=C\CCCCCCCCCCCCCCCCCCCCCCCC(=O)NC(COC1OC(CO)C(OC2OC(CO)C(OC3OC(CO)C(O)C(O)C3O)C(O)C2O)C(O)C1O)C(O)CCCCCCCCCCCCCCCCCC. The first-order valence-corrected chi connectivity index (χ1v) is 39.5. The average Bonchev–Trinajstić information content (AvgIpc) is 0.784. The summed E-state index contributed by atoms with van der Waals surface area (Å²) in [5.41, 5.74) is 0. The Morgan fingerprint density at radius 1 is 0.378 bits per heavy atom. The van der Waals surface area contributed by atoms with Gasteiger partial charge in [-0.25, -0.2) is 0 Å². The second-order valence-corrected chi connectivity index (χ2v) is 28.2. The van der Waals surface area contributed by atoms with E-state index in [1.54, 1.807) is 0 Å². The Balaban J connectivity index is 1.31. The van der Waals surface area contributed by atoms with E-state index >= 15 is 0 Å². The number of aliphatic hydroxyl groups is 11. The second kappa shape index (κ2) is 59.8. The fourth-order valence-electron chi connectivity index (χ4n) is 13.3. The number of aliphatic hydroxyl groups excluding tert-OH is 11. The summed E-state index contributed by atoms with van der Waals surface area (Å²) in [7, 11) is 0. The van der Waals surface area contributed by atoms with E-state index < -0.39 is 124 Å². The van der Waals surface area contributed by atoms with E-state index in [1.807, 2.05) is 0 Å². The summed E-state index contributed by atoms with van der Waals surface area (Å²) in [5, 5.41) is 121. The molecular formula is C79H143NO18. The zero-order valence-electron chi connectivity index (χ0n) is 61.0. The first-order valence-electron chi connectivity index (χ1n) is 39.5. The number of rotatable bonds is 62. The van der Waals surface area contributed by atoms with E-state index in [9.17, 15) is 61.0 Å². The van der Waals surface area contributed by atoms with Gasteiger partial charge in [0.05, 0.1) is 38.6 Å². The van der Waals surface area contributed by atoms with Crippen molar-refractivity contribution >= 4 is 5.91 Å². The largest absolute Gasteiger partial charge is 0.394 e. The van der Waals surface area contributed by atoms with Crippen LogP contribution in [-0.4, -0.2) is 193 Å². The van der Waals surface area contributed by atoms with Crippen LogP contribution in [0.25, 0.3) is 0 Å². The minimum atomic E-state index is -1.97. The van der Waals surface area contributed by atoms with Crippen molar-refractivity contribution in [3.05, 3.63) is 60.8 Å². The number of hydrogen-bond acceptors (Lipinski definition) is 18. The van der Waals surface area contributed by atoms with E-state index in [0.717, 1.165) is 77.0 Å². The predicted octanol–water partition coefficient (Wildman–Crippen LogP) is 12.7. The topological polar surface area (TPSA) is 307 Å². The maximum atomic E-state index is 13.5. The molecule has 3 rings (SSSR count). The monoisotopic (exact) mass is 1390 g/mol. The van der Waals surface area contributed by atoms with Crippen LogP contribution >= 0.6 is 0 Å². The molecule has 0 saturated carbocycles. The molecule has 12 N–H and O–H groups in total. The lowest BCUT2D eigenvalue weighted by Crippen LogP contribution is -2.66. The Labute approximate surface area is 592 Å². The van der Waals surface area contributed by atoms with Gasteiger partial charge < -0.3 is 89.9 Å². The van der Waals surface area contributed by atoms with Crippen molar-refractivity contribution in [2.45, 2.75) is 407 Å². The molecule has 0 radical (unpaired) electrons. The molecule has 3 fully saturated rings. The Bertz CT molecular complexity index is 2010. The van der Waals surface area contributed by atoms with Crippen LogP contribution in [0.4, 0.5) is 0 Å². The highest BCUT2D eigenvalue weighted by Gasteiger charge is 2.54. The van der Waals surface area contributed by atoms with Crippen LogP contribution in [0.5, 0.6) is 0 Å². The van der Waals surface area contributed by atoms with Crippen molar-refractivity contribution < 1.29 is 89.4 Å². The highest BCUT2D eigenvalue weighted by Crippen LogP contribution is 2.33. The normalized spacial score (nSPS) is 27.1. The maximum Gasteiger partial charge on any atom is 0.220 e. The minimum absolute atomic E-state index is 0.239. The lowest BCUT2D eigenvalue weighted by molar-refractivity contribution is -0.379. The number of allylic oxidation sites excluding steroid dienone is 10. The molecule has 3 saturated heterocycles. The smallest absolute Gasteiger partial charge is 0.220 e. The van der Waals surface area contributed by atoms with Crippen LogP contribution in [0, 0.1) is 0 Å². The van der Waals surface area contributed by atoms with Gasteiger partial charge in [-0.1, -0.05) is 299 Å². The van der Waals surface area contributed by atoms with Crippen molar-refractivity contribution in [1.29, 1.82) is 0 Å². The number of amides is 1. The number of unbranched alkanes of at least 4 members (excludes halogenated alkanes) is 36. The molecule has 3 heterocycles. The molecule has 3 aliphatic heterocycles. The van der Waals surface area contributed by atoms with Gasteiger partial charge in [0.2, 0.25) is 5.91 Å². The molecule has 0 aromatic carbocycles. The van der Waals surface area contributed by atoms with E-state index in [1.165, 1.54) is 193 Å². The predicted molar refractivity (Wildman–Crippen MR) is 388 cm³/mol. The molecule has 0 spiro atoms. The summed E-state index contributed by atoms with van der Waals surface area (Å²) >= 11 is 0.